The third-order valence-corrected chi connectivity index (χ3v) is 10.7. The number of aryl methyl sites for hydroxylation is 3. The van der Waals surface area contributed by atoms with Crippen LogP contribution in [-0.2, 0) is 14.9 Å². The van der Waals surface area contributed by atoms with Crippen LogP contribution in [0.5, 0.6) is 11.5 Å². The van der Waals surface area contributed by atoms with Crippen LogP contribution in [0, 0.1) is 20.8 Å². The molecule has 0 heterocycles. The van der Waals surface area contributed by atoms with Crippen molar-refractivity contribution < 1.29 is 18.9 Å². The lowest BCUT2D eigenvalue weighted by molar-refractivity contribution is 0.0273. The van der Waals surface area contributed by atoms with Crippen LogP contribution in [0.4, 0.5) is 5.69 Å². The highest BCUT2D eigenvalue weighted by atomic mass is 16.6. The summed E-state index contributed by atoms with van der Waals surface area (Å²) in [6.07, 6.45) is 10.8. The van der Waals surface area contributed by atoms with Crippen molar-refractivity contribution in [1.29, 1.82) is 0 Å². The molecule has 5 nitrogen and oxygen atoms in total. The molecule has 1 aliphatic rings. The molecule has 0 fully saturated rings. The Bertz CT molecular complexity index is 2180. The summed E-state index contributed by atoms with van der Waals surface area (Å²) in [5, 5.41) is 0. The van der Waals surface area contributed by atoms with Crippen LogP contribution in [0.25, 0.3) is 5.57 Å². The van der Waals surface area contributed by atoms with Crippen molar-refractivity contribution >= 4 is 11.3 Å². The van der Waals surface area contributed by atoms with E-state index in [9.17, 15) is 0 Å². The maximum Gasteiger partial charge on any atom is 0.119 e. The van der Waals surface area contributed by atoms with Gasteiger partial charge in [0.15, 0.2) is 0 Å². The van der Waals surface area contributed by atoms with Crippen molar-refractivity contribution in [2.24, 2.45) is 0 Å². The van der Waals surface area contributed by atoms with E-state index < -0.39 is 5.41 Å². The number of anilines is 1. The van der Waals surface area contributed by atoms with Crippen LogP contribution in [0.15, 0.2) is 176 Å². The van der Waals surface area contributed by atoms with Gasteiger partial charge in [-0.25, -0.2) is 0 Å². The fourth-order valence-electron chi connectivity index (χ4n) is 7.45. The number of nitrogens with two attached hydrogens (primary N) is 1. The van der Waals surface area contributed by atoms with Crippen molar-refractivity contribution in [2.45, 2.75) is 32.1 Å². The summed E-state index contributed by atoms with van der Waals surface area (Å²) in [4.78, 5) is 0. The number of benzene rings is 6. The Kier molecular flexibility index (Phi) is 13.4. The quantitative estimate of drug-likeness (QED) is 0.0569. The highest BCUT2D eigenvalue weighted by molar-refractivity contribution is 5.76. The molecule has 294 valence electrons. The molecule has 0 aliphatic heterocycles. The fraction of sp³-hybridized carbons (Fsp3) is 0.208. The lowest BCUT2D eigenvalue weighted by Gasteiger charge is -2.37. The lowest BCUT2D eigenvalue weighted by atomic mass is 9.65. The molecule has 0 amide bonds. The molecule has 6 aromatic carbocycles. The normalized spacial score (nSPS) is 13.8. The molecule has 1 aliphatic carbocycles. The summed E-state index contributed by atoms with van der Waals surface area (Å²) in [5.74, 6) is 1.83. The Labute approximate surface area is 344 Å². The summed E-state index contributed by atoms with van der Waals surface area (Å²) in [6, 6.07) is 51.5. The number of rotatable bonds is 17. The average Bonchev–Trinajstić information content (AvgIpc) is 3.51. The van der Waals surface area contributed by atoms with Gasteiger partial charge in [0.2, 0.25) is 0 Å². The smallest absolute Gasteiger partial charge is 0.119 e. The second-order valence-electron chi connectivity index (χ2n) is 14.9. The average molecular weight is 768 g/mol. The Morgan fingerprint density at radius 1 is 0.466 bits per heavy atom. The van der Waals surface area contributed by atoms with Gasteiger partial charge in [0.1, 0.15) is 24.7 Å². The SMILES string of the molecule is Cc1ccc(C(c2ccc(C)cc2)(c2ccc(C)cc2)c2ccc(OCCOCCOCCOc3ccc(C4=CC=CC(c5ccc(N)cc5)C=C4)cc3)cc2)cc1. The van der Waals surface area contributed by atoms with Gasteiger partial charge >= 0.3 is 0 Å². The zero-order valence-electron chi connectivity index (χ0n) is 33.8. The largest absolute Gasteiger partial charge is 0.491 e. The van der Waals surface area contributed by atoms with E-state index in [2.05, 4.69) is 172 Å². The molecule has 0 radical (unpaired) electrons. The first kappa shape index (κ1) is 40.1. The van der Waals surface area contributed by atoms with E-state index in [1.807, 2.05) is 24.3 Å². The van der Waals surface area contributed by atoms with Crippen molar-refractivity contribution in [1.82, 2.24) is 0 Å². The van der Waals surface area contributed by atoms with Gasteiger partial charge in [0, 0.05) is 11.6 Å². The van der Waals surface area contributed by atoms with Crippen LogP contribution >= 0.6 is 0 Å². The van der Waals surface area contributed by atoms with Gasteiger partial charge in [-0.05, 0) is 96.1 Å². The molecule has 1 atom stereocenters. The lowest BCUT2D eigenvalue weighted by Crippen LogP contribution is -2.31. The van der Waals surface area contributed by atoms with E-state index in [1.165, 1.54) is 44.5 Å². The van der Waals surface area contributed by atoms with Gasteiger partial charge in [-0.1, -0.05) is 156 Å². The maximum absolute atomic E-state index is 6.11. The summed E-state index contributed by atoms with van der Waals surface area (Å²) in [7, 11) is 0. The number of ether oxygens (including phenoxy) is 4. The zero-order chi connectivity index (χ0) is 40.2. The maximum atomic E-state index is 6.11. The molecule has 2 N–H and O–H groups in total. The number of hydrogen-bond donors (Lipinski definition) is 1. The highest BCUT2D eigenvalue weighted by Crippen LogP contribution is 2.45. The molecule has 0 saturated heterocycles. The standard InChI is InChI=1S/C53H53NO4/c1-39-7-19-46(20-8-39)53(47-21-9-40(2)10-22-47,48-23-11-41(3)12-24-48)49-25-31-52(32-26-49)58-38-36-56-34-33-55-35-37-57-51-29-17-45(18-30-51)43-6-4-5-42(13-14-43)44-15-27-50(54)28-16-44/h4-32,42H,33-38,54H2,1-3H3. The van der Waals surface area contributed by atoms with Gasteiger partial charge in [0.05, 0.1) is 31.8 Å². The van der Waals surface area contributed by atoms with Gasteiger partial charge in [0.25, 0.3) is 0 Å². The van der Waals surface area contributed by atoms with Crippen molar-refractivity contribution in [2.75, 3.05) is 45.4 Å². The van der Waals surface area contributed by atoms with Gasteiger partial charge in [-0.2, -0.15) is 0 Å². The molecular weight excluding hydrogens is 715 g/mol. The molecule has 6 aromatic rings. The van der Waals surface area contributed by atoms with Crippen LogP contribution in [0.3, 0.4) is 0 Å². The monoisotopic (exact) mass is 767 g/mol. The molecular formula is C53H53NO4. The molecule has 5 heteroatoms. The Hall–Kier alpha value is -6.14. The van der Waals surface area contributed by atoms with E-state index in [0.29, 0.717) is 39.6 Å². The number of allylic oxidation sites excluding steroid dienone is 6. The van der Waals surface area contributed by atoms with Gasteiger partial charge < -0.3 is 24.7 Å². The molecule has 0 aromatic heterocycles. The minimum absolute atomic E-state index is 0.214. The molecule has 1 unspecified atom stereocenters. The third-order valence-electron chi connectivity index (χ3n) is 10.7. The van der Waals surface area contributed by atoms with Gasteiger partial charge in [-0.15, -0.1) is 0 Å². The van der Waals surface area contributed by atoms with Crippen LogP contribution in [0.1, 0.15) is 56.0 Å². The molecule has 0 bridgehead atoms. The van der Waals surface area contributed by atoms with E-state index in [1.54, 1.807) is 0 Å². The van der Waals surface area contributed by atoms with E-state index in [4.69, 9.17) is 24.7 Å². The predicted molar refractivity (Wildman–Crippen MR) is 238 cm³/mol. The molecule has 58 heavy (non-hydrogen) atoms. The summed E-state index contributed by atoms with van der Waals surface area (Å²) in [6.45, 7) is 9.24. The second kappa shape index (κ2) is 19.3. The predicted octanol–water partition coefficient (Wildman–Crippen LogP) is 11.4. The van der Waals surface area contributed by atoms with Crippen LogP contribution < -0.4 is 15.2 Å². The first-order valence-electron chi connectivity index (χ1n) is 20.1. The van der Waals surface area contributed by atoms with Crippen molar-refractivity contribution in [3.63, 3.8) is 0 Å². The Morgan fingerprint density at radius 2 is 0.879 bits per heavy atom. The topological polar surface area (TPSA) is 62.9 Å². The molecule has 7 rings (SSSR count). The van der Waals surface area contributed by atoms with E-state index >= 15 is 0 Å². The molecule has 0 spiro atoms. The minimum atomic E-state index is -0.501. The Balaban J connectivity index is 0.852. The van der Waals surface area contributed by atoms with Crippen LogP contribution in [0.2, 0.25) is 0 Å². The van der Waals surface area contributed by atoms with Gasteiger partial charge in [-0.3, -0.25) is 0 Å². The zero-order valence-corrected chi connectivity index (χ0v) is 33.8. The first-order valence-corrected chi connectivity index (χ1v) is 20.1. The summed E-state index contributed by atoms with van der Waals surface area (Å²) >= 11 is 0. The second-order valence-corrected chi connectivity index (χ2v) is 14.9. The summed E-state index contributed by atoms with van der Waals surface area (Å²) < 4.78 is 23.6. The van der Waals surface area contributed by atoms with E-state index in [-0.39, 0.29) is 5.92 Å². The van der Waals surface area contributed by atoms with Crippen molar-refractivity contribution in [3.05, 3.63) is 226 Å². The number of nitrogen functional groups attached to an aromatic ring is 1. The minimum Gasteiger partial charge on any atom is -0.491 e. The van der Waals surface area contributed by atoms with Crippen LogP contribution in [-0.4, -0.2) is 39.6 Å². The fourth-order valence-corrected chi connectivity index (χ4v) is 7.45. The Morgan fingerprint density at radius 3 is 1.34 bits per heavy atom. The summed E-state index contributed by atoms with van der Waals surface area (Å²) in [5.41, 5.74) is 18.2. The number of hydrogen-bond acceptors (Lipinski definition) is 5. The van der Waals surface area contributed by atoms with Crippen molar-refractivity contribution in [3.8, 4) is 11.5 Å². The third kappa shape index (κ3) is 9.86. The van der Waals surface area contributed by atoms with E-state index in [0.717, 1.165) is 28.3 Å². The first-order chi connectivity index (χ1) is 28.4. The highest BCUT2D eigenvalue weighted by Gasteiger charge is 2.38. The molecule has 0 saturated carbocycles.